The summed E-state index contributed by atoms with van der Waals surface area (Å²) < 4.78 is 28.1. The van der Waals surface area contributed by atoms with E-state index in [1.807, 2.05) is 30.3 Å². The molecule has 0 radical (unpaired) electrons. The summed E-state index contributed by atoms with van der Waals surface area (Å²) in [5.41, 5.74) is 0.717. The highest BCUT2D eigenvalue weighted by Crippen LogP contribution is 2.18. The van der Waals surface area contributed by atoms with Gasteiger partial charge in [0.25, 0.3) is 11.5 Å². The van der Waals surface area contributed by atoms with E-state index in [0.29, 0.717) is 23.5 Å². The van der Waals surface area contributed by atoms with E-state index in [4.69, 9.17) is 0 Å². The van der Waals surface area contributed by atoms with Crippen molar-refractivity contribution in [2.45, 2.75) is 13.1 Å². The number of anilines is 1. The molecule has 1 aromatic heterocycles. The van der Waals surface area contributed by atoms with E-state index in [2.05, 4.69) is 10.6 Å². The molecule has 3 aromatic carbocycles. The largest absolute Gasteiger partial charge is 0.348 e. The van der Waals surface area contributed by atoms with E-state index in [1.54, 1.807) is 24.3 Å². The molecule has 2 N–H and O–H groups in total. The lowest BCUT2D eigenvalue weighted by atomic mass is 10.1. The summed E-state index contributed by atoms with van der Waals surface area (Å²) in [6.45, 7) is -0.120. The minimum atomic E-state index is -0.925. The molecule has 0 saturated heterocycles. The Morgan fingerprint density at radius 3 is 2.36 bits per heavy atom. The first-order chi connectivity index (χ1) is 15.9. The van der Waals surface area contributed by atoms with Gasteiger partial charge in [0.15, 0.2) is 0 Å². The van der Waals surface area contributed by atoms with Crippen LogP contribution in [0.3, 0.4) is 0 Å². The van der Waals surface area contributed by atoms with Gasteiger partial charge in [-0.2, -0.15) is 0 Å². The van der Waals surface area contributed by atoms with Crippen molar-refractivity contribution in [1.29, 1.82) is 0 Å². The van der Waals surface area contributed by atoms with Crippen molar-refractivity contribution in [3.05, 3.63) is 112 Å². The number of benzene rings is 3. The van der Waals surface area contributed by atoms with E-state index in [9.17, 15) is 23.2 Å². The van der Waals surface area contributed by atoms with E-state index in [0.717, 1.165) is 17.7 Å². The van der Waals surface area contributed by atoms with E-state index >= 15 is 0 Å². The SMILES string of the molecule is O=C(Cn1c(=O)cc(C(=O)NCc2ccccc2)c2ccccc21)Nc1ccc(F)cc1F. The number of carbonyl (C=O) groups excluding carboxylic acids is 2. The van der Waals surface area contributed by atoms with Crippen LogP contribution >= 0.6 is 0 Å². The average Bonchev–Trinajstić information content (AvgIpc) is 2.81. The van der Waals surface area contributed by atoms with Crippen molar-refractivity contribution in [2.75, 3.05) is 5.32 Å². The number of para-hydroxylation sites is 1. The standard InChI is InChI=1S/C25H19F2N3O3/c26-17-10-11-21(20(27)12-17)29-23(31)15-30-22-9-5-4-8-18(22)19(13-24(30)32)25(33)28-14-16-6-2-1-3-7-16/h1-13H,14-15H2,(H,28,33)(H,29,31). The molecule has 2 amide bonds. The van der Waals surface area contributed by atoms with Crippen molar-refractivity contribution >= 4 is 28.4 Å². The van der Waals surface area contributed by atoms with Crippen LogP contribution < -0.4 is 16.2 Å². The molecule has 0 aliphatic rings. The van der Waals surface area contributed by atoms with Crippen molar-refractivity contribution in [3.63, 3.8) is 0 Å². The Hall–Kier alpha value is -4.33. The van der Waals surface area contributed by atoms with Gasteiger partial charge in [-0.3, -0.25) is 19.0 Å². The third-order valence-corrected chi connectivity index (χ3v) is 5.07. The molecule has 33 heavy (non-hydrogen) atoms. The molecular formula is C25H19F2N3O3. The van der Waals surface area contributed by atoms with Crippen molar-refractivity contribution < 1.29 is 18.4 Å². The molecule has 4 rings (SSSR count). The Labute approximate surface area is 187 Å². The number of pyridine rings is 1. The molecule has 8 heteroatoms. The topological polar surface area (TPSA) is 80.2 Å². The van der Waals surface area contributed by atoms with Crippen LogP contribution in [0.15, 0.2) is 83.7 Å². The average molecular weight is 447 g/mol. The van der Waals surface area contributed by atoms with Crippen LogP contribution in [-0.2, 0) is 17.9 Å². The Kier molecular flexibility index (Phi) is 6.26. The summed E-state index contributed by atoms with van der Waals surface area (Å²) in [7, 11) is 0. The zero-order valence-electron chi connectivity index (χ0n) is 17.3. The highest BCUT2D eigenvalue weighted by molar-refractivity contribution is 6.06. The smallest absolute Gasteiger partial charge is 0.252 e. The molecule has 0 aliphatic heterocycles. The maximum absolute atomic E-state index is 13.9. The molecule has 166 valence electrons. The number of nitrogens with zero attached hydrogens (tertiary/aromatic N) is 1. The molecule has 4 aromatic rings. The van der Waals surface area contributed by atoms with E-state index in [1.165, 1.54) is 10.6 Å². The van der Waals surface area contributed by atoms with Gasteiger partial charge in [-0.1, -0.05) is 48.5 Å². The number of hydrogen-bond donors (Lipinski definition) is 2. The first-order valence-electron chi connectivity index (χ1n) is 10.1. The first-order valence-corrected chi connectivity index (χ1v) is 10.1. The number of amides is 2. The fourth-order valence-corrected chi connectivity index (χ4v) is 3.48. The van der Waals surface area contributed by atoms with Gasteiger partial charge in [0.05, 0.1) is 16.8 Å². The molecule has 0 atom stereocenters. The molecule has 1 heterocycles. The van der Waals surface area contributed by atoms with E-state index < -0.39 is 35.6 Å². The van der Waals surface area contributed by atoms with Gasteiger partial charge in [-0.15, -0.1) is 0 Å². The molecule has 0 fully saturated rings. The zero-order chi connectivity index (χ0) is 23.4. The maximum Gasteiger partial charge on any atom is 0.252 e. The summed E-state index contributed by atoms with van der Waals surface area (Å²) in [4.78, 5) is 38.1. The predicted molar refractivity (Wildman–Crippen MR) is 121 cm³/mol. The van der Waals surface area contributed by atoms with Crippen LogP contribution in [0.4, 0.5) is 14.5 Å². The molecular weight excluding hydrogens is 428 g/mol. The van der Waals surface area contributed by atoms with Gasteiger partial charge in [0.1, 0.15) is 18.2 Å². The molecule has 0 bridgehead atoms. The number of hydrogen-bond acceptors (Lipinski definition) is 3. The minimum Gasteiger partial charge on any atom is -0.348 e. The fraction of sp³-hybridized carbons (Fsp3) is 0.0800. The van der Waals surface area contributed by atoms with E-state index in [-0.39, 0.29) is 11.3 Å². The third kappa shape index (κ3) is 4.95. The summed E-state index contributed by atoms with van der Waals surface area (Å²) in [6.07, 6.45) is 0. The Morgan fingerprint density at radius 2 is 1.61 bits per heavy atom. The number of rotatable bonds is 6. The normalized spacial score (nSPS) is 10.7. The third-order valence-electron chi connectivity index (χ3n) is 5.07. The highest BCUT2D eigenvalue weighted by atomic mass is 19.1. The van der Waals surface area contributed by atoms with Crippen LogP contribution in [0.5, 0.6) is 0 Å². The van der Waals surface area contributed by atoms with Crippen LogP contribution in [-0.4, -0.2) is 16.4 Å². The van der Waals surface area contributed by atoms with Crippen molar-refractivity contribution in [3.8, 4) is 0 Å². The Bertz CT molecular complexity index is 1400. The lowest BCUT2D eigenvalue weighted by Crippen LogP contribution is -2.30. The van der Waals surface area contributed by atoms with Gasteiger partial charge in [0.2, 0.25) is 5.91 Å². The number of halogens is 2. The zero-order valence-corrected chi connectivity index (χ0v) is 17.3. The lowest BCUT2D eigenvalue weighted by Gasteiger charge is -2.14. The fourth-order valence-electron chi connectivity index (χ4n) is 3.48. The van der Waals surface area contributed by atoms with Crippen LogP contribution in [0.2, 0.25) is 0 Å². The second kappa shape index (κ2) is 9.44. The van der Waals surface area contributed by atoms with Gasteiger partial charge in [-0.05, 0) is 23.8 Å². The van der Waals surface area contributed by atoms with Crippen LogP contribution in [0, 0.1) is 11.6 Å². The number of fused-ring (bicyclic) bond motifs is 1. The van der Waals surface area contributed by atoms with Gasteiger partial charge < -0.3 is 10.6 Å². The lowest BCUT2D eigenvalue weighted by molar-refractivity contribution is -0.116. The van der Waals surface area contributed by atoms with Crippen molar-refractivity contribution in [2.24, 2.45) is 0 Å². The Morgan fingerprint density at radius 1 is 0.879 bits per heavy atom. The monoisotopic (exact) mass is 447 g/mol. The highest BCUT2D eigenvalue weighted by Gasteiger charge is 2.17. The van der Waals surface area contributed by atoms with Gasteiger partial charge >= 0.3 is 0 Å². The number of carbonyl (C=O) groups is 2. The van der Waals surface area contributed by atoms with Crippen molar-refractivity contribution in [1.82, 2.24) is 9.88 Å². The van der Waals surface area contributed by atoms with Crippen LogP contribution in [0.25, 0.3) is 10.9 Å². The molecule has 6 nitrogen and oxygen atoms in total. The first kappa shape index (κ1) is 21.9. The molecule has 0 spiro atoms. The van der Waals surface area contributed by atoms with Gasteiger partial charge in [0, 0.05) is 24.1 Å². The number of aromatic nitrogens is 1. The minimum absolute atomic E-state index is 0.188. The molecule has 0 unspecified atom stereocenters. The quantitative estimate of drug-likeness (QED) is 0.471. The van der Waals surface area contributed by atoms with Gasteiger partial charge in [-0.25, -0.2) is 8.78 Å². The Balaban J connectivity index is 1.60. The number of nitrogens with one attached hydrogen (secondary N) is 2. The summed E-state index contributed by atoms with van der Waals surface area (Å²) in [6, 6.07) is 20.0. The summed E-state index contributed by atoms with van der Waals surface area (Å²) in [5, 5.41) is 5.62. The second-order valence-corrected chi connectivity index (χ2v) is 7.34. The van der Waals surface area contributed by atoms with Crippen LogP contribution in [0.1, 0.15) is 15.9 Å². The predicted octanol–water partition coefficient (Wildman–Crippen LogP) is 3.85. The summed E-state index contributed by atoms with van der Waals surface area (Å²) in [5.74, 6) is -2.79. The molecule has 0 aliphatic carbocycles. The second-order valence-electron chi connectivity index (χ2n) is 7.34. The molecule has 0 saturated carbocycles. The maximum atomic E-state index is 13.9. The summed E-state index contributed by atoms with van der Waals surface area (Å²) >= 11 is 0.